The third-order valence-electron chi connectivity index (χ3n) is 3.57. The summed E-state index contributed by atoms with van der Waals surface area (Å²) in [6, 6.07) is 7.30. The topological polar surface area (TPSA) is 87.7 Å². The number of hydrogen-bond acceptors (Lipinski definition) is 6. The molecule has 1 aliphatic rings. The van der Waals surface area contributed by atoms with Crippen LogP contribution < -0.4 is 10.6 Å². The number of esters is 1. The number of amides is 1. The molecule has 1 heterocycles. The molecular weight excluding hydrogens is 316 g/mol. The summed E-state index contributed by atoms with van der Waals surface area (Å²) in [5.74, 6) is 1.13. The number of β-amino-alcohol motifs (C(OH)–C–C–N with tert-alkyl or cyclic N) is 1. The van der Waals surface area contributed by atoms with Gasteiger partial charge >= 0.3 is 5.97 Å². The third-order valence-corrected chi connectivity index (χ3v) is 4.60. The average Bonchev–Trinajstić information content (AvgIpc) is 2.98. The number of aliphatic hydroxyl groups is 1. The van der Waals surface area contributed by atoms with Gasteiger partial charge in [-0.15, -0.1) is 0 Å². The second kappa shape index (κ2) is 8.90. The minimum absolute atomic E-state index is 0.128. The predicted octanol–water partition coefficient (Wildman–Crippen LogP) is 1.14. The molecular formula is C16H22N2O4S. The van der Waals surface area contributed by atoms with E-state index in [2.05, 4.69) is 15.4 Å². The van der Waals surface area contributed by atoms with Crippen molar-refractivity contribution in [1.29, 1.82) is 0 Å². The van der Waals surface area contributed by atoms with Crippen LogP contribution in [-0.4, -0.2) is 48.5 Å². The third kappa shape index (κ3) is 5.85. The molecule has 2 unspecified atom stereocenters. The maximum Gasteiger partial charge on any atom is 0.306 e. The summed E-state index contributed by atoms with van der Waals surface area (Å²) >= 11 is 1.64. The van der Waals surface area contributed by atoms with Crippen LogP contribution in [0.25, 0.3) is 0 Å². The minimum Gasteiger partial charge on any atom is -0.469 e. The van der Waals surface area contributed by atoms with E-state index in [1.807, 2.05) is 24.3 Å². The fourth-order valence-corrected chi connectivity index (χ4v) is 3.20. The van der Waals surface area contributed by atoms with Crippen molar-refractivity contribution < 1.29 is 19.4 Å². The number of hydrogen-bond donors (Lipinski definition) is 3. The summed E-state index contributed by atoms with van der Waals surface area (Å²) in [4.78, 5) is 23.1. The Bertz CT molecular complexity index is 553. The molecule has 0 bridgehead atoms. The lowest BCUT2D eigenvalue weighted by Crippen LogP contribution is -2.35. The number of benzene rings is 1. The minimum atomic E-state index is -0.455. The zero-order valence-corrected chi connectivity index (χ0v) is 13.9. The molecule has 23 heavy (non-hydrogen) atoms. The Hall–Kier alpha value is -1.57. The van der Waals surface area contributed by atoms with E-state index in [9.17, 15) is 14.7 Å². The Balaban J connectivity index is 1.80. The van der Waals surface area contributed by atoms with E-state index in [4.69, 9.17) is 0 Å². The maximum absolute atomic E-state index is 12.1. The van der Waals surface area contributed by atoms with Crippen LogP contribution in [0.5, 0.6) is 0 Å². The Kier molecular flexibility index (Phi) is 6.88. The fourth-order valence-electron chi connectivity index (χ4n) is 2.33. The molecule has 1 aromatic carbocycles. The molecule has 0 radical (unpaired) electrons. The molecule has 2 rings (SSSR count). The van der Waals surface area contributed by atoms with E-state index in [0.29, 0.717) is 25.1 Å². The Labute approximate surface area is 140 Å². The number of nitrogens with one attached hydrogen (secondary N) is 2. The molecule has 1 saturated heterocycles. The Morgan fingerprint density at radius 1 is 1.48 bits per heavy atom. The SMILES string of the molecule is COC(=O)CCSCc1cccc(NC(=O)C2CC(O)CN2)c1. The van der Waals surface area contributed by atoms with E-state index >= 15 is 0 Å². The first-order valence-corrected chi connectivity index (χ1v) is 8.69. The molecule has 0 spiro atoms. The van der Waals surface area contributed by atoms with Crippen LogP contribution in [0.1, 0.15) is 18.4 Å². The second-order valence-electron chi connectivity index (χ2n) is 5.42. The highest BCUT2D eigenvalue weighted by molar-refractivity contribution is 7.98. The van der Waals surface area contributed by atoms with Crippen molar-refractivity contribution in [3.63, 3.8) is 0 Å². The number of ether oxygens (including phenoxy) is 1. The highest BCUT2D eigenvalue weighted by atomic mass is 32.2. The van der Waals surface area contributed by atoms with Crippen molar-refractivity contribution in [2.45, 2.75) is 30.7 Å². The van der Waals surface area contributed by atoms with Crippen LogP contribution >= 0.6 is 11.8 Å². The molecule has 0 aromatic heterocycles. The molecule has 6 nitrogen and oxygen atoms in total. The van der Waals surface area contributed by atoms with Crippen LogP contribution in [0, 0.1) is 0 Å². The predicted molar refractivity (Wildman–Crippen MR) is 90.3 cm³/mol. The second-order valence-corrected chi connectivity index (χ2v) is 6.52. The van der Waals surface area contributed by atoms with Gasteiger partial charge < -0.3 is 20.5 Å². The molecule has 0 aliphatic carbocycles. The van der Waals surface area contributed by atoms with E-state index in [1.165, 1.54) is 7.11 Å². The van der Waals surface area contributed by atoms with E-state index in [0.717, 1.165) is 17.0 Å². The van der Waals surface area contributed by atoms with Crippen LogP contribution in [-0.2, 0) is 20.1 Å². The van der Waals surface area contributed by atoms with Crippen molar-refractivity contribution in [2.75, 3.05) is 24.7 Å². The quantitative estimate of drug-likeness (QED) is 0.510. The number of methoxy groups -OCH3 is 1. The highest BCUT2D eigenvalue weighted by Crippen LogP contribution is 2.18. The maximum atomic E-state index is 12.1. The number of carbonyl (C=O) groups is 2. The number of thioether (sulfide) groups is 1. The molecule has 2 atom stereocenters. The van der Waals surface area contributed by atoms with Crippen molar-refractivity contribution in [1.82, 2.24) is 5.32 Å². The monoisotopic (exact) mass is 338 g/mol. The molecule has 126 valence electrons. The molecule has 1 amide bonds. The molecule has 1 aliphatic heterocycles. The lowest BCUT2D eigenvalue weighted by atomic mass is 10.1. The van der Waals surface area contributed by atoms with Gasteiger partial charge in [-0.2, -0.15) is 11.8 Å². The number of anilines is 1. The number of carbonyl (C=O) groups excluding carboxylic acids is 2. The average molecular weight is 338 g/mol. The summed E-state index contributed by atoms with van der Waals surface area (Å²) in [6.07, 6.45) is 0.380. The summed E-state index contributed by atoms with van der Waals surface area (Å²) < 4.78 is 4.60. The standard InChI is InChI=1S/C16H22N2O4S/c1-22-15(20)5-6-23-10-11-3-2-4-12(7-11)18-16(21)14-8-13(19)9-17-14/h2-4,7,13-14,17,19H,5-6,8-10H2,1H3,(H,18,21). The van der Waals surface area contributed by atoms with Gasteiger partial charge in [0.05, 0.1) is 25.7 Å². The van der Waals surface area contributed by atoms with Gasteiger partial charge in [0.15, 0.2) is 0 Å². The summed E-state index contributed by atoms with van der Waals surface area (Å²) in [5.41, 5.74) is 1.82. The summed E-state index contributed by atoms with van der Waals surface area (Å²) in [5, 5.41) is 15.3. The van der Waals surface area contributed by atoms with Gasteiger partial charge in [0, 0.05) is 23.7 Å². The van der Waals surface area contributed by atoms with Crippen LogP contribution in [0.15, 0.2) is 24.3 Å². The summed E-state index contributed by atoms with van der Waals surface area (Å²) in [7, 11) is 1.39. The van der Waals surface area contributed by atoms with Crippen LogP contribution in [0.3, 0.4) is 0 Å². The lowest BCUT2D eigenvalue weighted by molar-refractivity contribution is -0.140. The van der Waals surface area contributed by atoms with Crippen molar-refractivity contribution in [2.24, 2.45) is 0 Å². The van der Waals surface area contributed by atoms with Gasteiger partial charge in [0.1, 0.15) is 0 Å². The Morgan fingerprint density at radius 3 is 3.00 bits per heavy atom. The van der Waals surface area contributed by atoms with Crippen LogP contribution in [0.2, 0.25) is 0 Å². The van der Waals surface area contributed by atoms with E-state index < -0.39 is 6.10 Å². The number of aliphatic hydroxyl groups excluding tert-OH is 1. The summed E-state index contributed by atoms with van der Waals surface area (Å²) in [6.45, 7) is 0.453. The van der Waals surface area contributed by atoms with Crippen molar-refractivity contribution >= 4 is 29.3 Å². The normalized spacial score (nSPS) is 20.3. The van der Waals surface area contributed by atoms with Gasteiger partial charge in [-0.05, 0) is 24.1 Å². The smallest absolute Gasteiger partial charge is 0.306 e. The highest BCUT2D eigenvalue weighted by Gasteiger charge is 2.27. The number of rotatable bonds is 7. The Morgan fingerprint density at radius 2 is 2.30 bits per heavy atom. The van der Waals surface area contributed by atoms with Gasteiger partial charge in [-0.25, -0.2) is 0 Å². The van der Waals surface area contributed by atoms with Gasteiger partial charge in [-0.3, -0.25) is 9.59 Å². The van der Waals surface area contributed by atoms with Crippen molar-refractivity contribution in [3.8, 4) is 0 Å². The molecule has 3 N–H and O–H groups in total. The van der Waals surface area contributed by atoms with Gasteiger partial charge in [0.25, 0.3) is 0 Å². The molecule has 0 saturated carbocycles. The molecule has 1 fully saturated rings. The fraction of sp³-hybridized carbons (Fsp3) is 0.500. The van der Waals surface area contributed by atoms with Gasteiger partial charge in [-0.1, -0.05) is 12.1 Å². The van der Waals surface area contributed by atoms with E-state index in [1.54, 1.807) is 11.8 Å². The zero-order chi connectivity index (χ0) is 16.7. The van der Waals surface area contributed by atoms with Crippen molar-refractivity contribution in [3.05, 3.63) is 29.8 Å². The zero-order valence-electron chi connectivity index (χ0n) is 13.1. The first-order valence-electron chi connectivity index (χ1n) is 7.54. The lowest BCUT2D eigenvalue weighted by Gasteiger charge is -2.12. The van der Waals surface area contributed by atoms with E-state index in [-0.39, 0.29) is 17.9 Å². The molecule has 7 heteroatoms. The first-order chi connectivity index (χ1) is 11.1. The first kappa shape index (κ1) is 17.8. The molecule has 1 aromatic rings. The van der Waals surface area contributed by atoms with Gasteiger partial charge in [0.2, 0.25) is 5.91 Å². The van der Waals surface area contributed by atoms with Crippen LogP contribution in [0.4, 0.5) is 5.69 Å². The largest absolute Gasteiger partial charge is 0.469 e.